The van der Waals surface area contributed by atoms with Gasteiger partial charge in [-0.05, 0) is 24.1 Å². The van der Waals surface area contributed by atoms with Gasteiger partial charge in [-0.1, -0.05) is 45.5 Å². The SMILES string of the molecule is CC.[B]CCN(CC[B])C(=O)c1ccc(CC)cc1. The summed E-state index contributed by atoms with van der Waals surface area (Å²) in [5.41, 5.74) is 1.93. The number of benzene rings is 1. The Balaban J connectivity index is 0.00000154. The van der Waals surface area contributed by atoms with E-state index in [1.54, 1.807) is 4.90 Å². The smallest absolute Gasteiger partial charge is 0.253 e. The zero-order valence-corrected chi connectivity index (χ0v) is 12.4. The van der Waals surface area contributed by atoms with Crippen LogP contribution in [0.25, 0.3) is 0 Å². The van der Waals surface area contributed by atoms with Crippen molar-refractivity contribution in [3.63, 3.8) is 0 Å². The summed E-state index contributed by atoms with van der Waals surface area (Å²) < 4.78 is 0. The Labute approximate surface area is 120 Å². The van der Waals surface area contributed by atoms with Crippen LogP contribution in [0.15, 0.2) is 24.3 Å². The van der Waals surface area contributed by atoms with Crippen molar-refractivity contribution in [2.45, 2.75) is 39.8 Å². The molecule has 0 heterocycles. The topological polar surface area (TPSA) is 20.3 Å². The Morgan fingerprint density at radius 2 is 1.53 bits per heavy atom. The molecule has 0 saturated carbocycles. The van der Waals surface area contributed by atoms with Gasteiger partial charge in [-0.25, -0.2) is 0 Å². The van der Waals surface area contributed by atoms with Crippen LogP contribution in [0.5, 0.6) is 0 Å². The molecule has 0 saturated heterocycles. The van der Waals surface area contributed by atoms with E-state index in [-0.39, 0.29) is 5.91 Å². The third-order valence-electron chi connectivity index (χ3n) is 2.69. The lowest BCUT2D eigenvalue weighted by atomic mass is 10.0. The van der Waals surface area contributed by atoms with Crippen molar-refractivity contribution >= 4 is 21.6 Å². The molecular formula is C15H23B2NO. The van der Waals surface area contributed by atoms with Crippen molar-refractivity contribution in [1.29, 1.82) is 0 Å². The van der Waals surface area contributed by atoms with Crippen LogP contribution in [-0.4, -0.2) is 39.6 Å². The van der Waals surface area contributed by atoms with E-state index < -0.39 is 0 Å². The zero-order valence-electron chi connectivity index (χ0n) is 12.4. The van der Waals surface area contributed by atoms with Gasteiger partial charge < -0.3 is 4.90 Å². The van der Waals surface area contributed by atoms with Gasteiger partial charge in [0.1, 0.15) is 0 Å². The molecule has 1 rings (SSSR count). The van der Waals surface area contributed by atoms with Crippen LogP contribution in [0.4, 0.5) is 0 Å². The number of carbonyl (C=O) groups excluding carboxylic acids is 1. The van der Waals surface area contributed by atoms with Crippen molar-refractivity contribution < 1.29 is 4.79 Å². The summed E-state index contributed by atoms with van der Waals surface area (Å²) in [6, 6.07) is 7.69. The minimum Gasteiger partial charge on any atom is -0.340 e. The molecule has 0 aliphatic heterocycles. The maximum absolute atomic E-state index is 12.1. The van der Waals surface area contributed by atoms with Gasteiger partial charge in [0.25, 0.3) is 5.91 Å². The van der Waals surface area contributed by atoms with Crippen LogP contribution in [-0.2, 0) is 6.42 Å². The molecule has 100 valence electrons. The fraction of sp³-hybridized carbons (Fsp3) is 0.533. The Morgan fingerprint density at radius 1 is 1.05 bits per heavy atom. The molecule has 0 aromatic heterocycles. The van der Waals surface area contributed by atoms with Crippen LogP contribution in [0.1, 0.15) is 36.7 Å². The van der Waals surface area contributed by atoms with E-state index in [1.165, 1.54) is 5.56 Å². The number of hydrogen-bond donors (Lipinski definition) is 0. The first-order valence-corrected chi connectivity index (χ1v) is 7.01. The van der Waals surface area contributed by atoms with Crippen molar-refractivity contribution in [3.8, 4) is 0 Å². The number of hydrogen-bond acceptors (Lipinski definition) is 1. The second-order valence-corrected chi connectivity index (χ2v) is 3.92. The molecular weight excluding hydrogens is 232 g/mol. The van der Waals surface area contributed by atoms with Gasteiger partial charge in [-0.3, -0.25) is 4.79 Å². The van der Waals surface area contributed by atoms with Gasteiger partial charge in [0, 0.05) is 18.7 Å². The minimum absolute atomic E-state index is 0.00329. The summed E-state index contributed by atoms with van der Waals surface area (Å²) in [5.74, 6) is 0.00329. The molecule has 19 heavy (non-hydrogen) atoms. The summed E-state index contributed by atoms with van der Waals surface area (Å²) in [7, 11) is 11.0. The fourth-order valence-corrected chi connectivity index (χ4v) is 1.69. The predicted octanol–water partition coefficient (Wildman–Crippen LogP) is 2.89. The number of amides is 1. The van der Waals surface area contributed by atoms with E-state index in [0.717, 1.165) is 6.42 Å². The number of carbonyl (C=O) groups is 1. The van der Waals surface area contributed by atoms with Crippen LogP contribution in [0.2, 0.25) is 12.6 Å². The van der Waals surface area contributed by atoms with E-state index in [9.17, 15) is 4.79 Å². The van der Waals surface area contributed by atoms with Crippen LogP contribution < -0.4 is 0 Å². The molecule has 1 aromatic carbocycles. The lowest BCUT2D eigenvalue weighted by Gasteiger charge is -2.21. The molecule has 1 aromatic rings. The molecule has 4 radical (unpaired) electrons. The largest absolute Gasteiger partial charge is 0.340 e. The average Bonchev–Trinajstić information content (AvgIpc) is 2.48. The van der Waals surface area contributed by atoms with E-state index in [2.05, 4.69) is 6.92 Å². The second kappa shape index (κ2) is 10.7. The quantitative estimate of drug-likeness (QED) is 0.715. The van der Waals surface area contributed by atoms with Gasteiger partial charge >= 0.3 is 0 Å². The van der Waals surface area contributed by atoms with Crippen LogP contribution in [0, 0.1) is 0 Å². The first-order chi connectivity index (χ1) is 9.22. The molecule has 0 bridgehead atoms. The van der Waals surface area contributed by atoms with E-state index >= 15 is 0 Å². The minimum atomic E-state index is 0.00329. The van der Waals surface area contributed by atoms with Crippen molar-refractivity contribution in [2.24, 2.45) is 0 Å². The highest BCUT2D eigenvalue weighted by atomic mass is 16.2. The van der Waals surface area contributed by atoms with Crippen molar-refractivity contribution in [2.75, 3.05) is 13.1 Å². The lowest BCUT2D eigenvalue weighted by Crippen LogP contribution is -2.32. The normalized spacial score (nSPS) is 9.42. The number of rotatable bonds is 6. The van der Waals surface area contributed by atoms with E-state index in [1.807, 2.05) is 38.1 Å². The highest BCUT2D eigenvalue weighted by molar-refractivity contribution is 6.09. The molecule has 2 nitrogen and oxygen atoms in total. The summed E-state index contributed by atoms with van der Waals surface area (Å²) >= 11 is 0. The third kappa shape index (κ3) is 6.00. The Morgan fingerprint density at radius 3 is 1.89 bits per heavy atom. The molecule has 0 unspecified atom stereocenters. The molecule has 0 atom stereocenters. The molecule has 4 heteroatoms. The Hall–Kier alpha value is -1.18. The van der Waals surface area contributed by atoms with Crippen LogP contribution >= 0.6 is 0 Å². The molecule has 0 fully saturated rings. The standard InChI is InChI=1S/C13H17B2NO.C2H6/c1-2-11-3-5-12(6-4-11)13(17)16(9-7-14)10-8-15;1-2/h3-6H,2,7-10H2,1H3;1-2H3. The summed E-state index contributed by atoms with van der Waals surface area (Å²) in [6.07, 6.45) is 1.89. The van der Waals surface area contributed by atoms with Gasteiger partial charge in [-0.15, -0.1) is 0 Å². The maximum atomic E-state index is 12.1. The molecule has 1 amide bonds. The fourth-order valence-electron chi connectivity index (χ4n) is 1.69. The lowest BCUT2D eigenvalue weighted by molar-refractivity contribution is 0.0773. The average molecular weight is 255 g/mol. The Kier molecular flexibility index (Phi) is 10.1. The van der Waals surface area contributed by atoms with Gasteiger partial charge in [0.15, 0.2) is 0 Å². The Bertz CT molecular complexity index is 346. The first kappa shape index (κ1) is 17.8. The van der Waals surface area contributed by atoms with Crippen molar-refractivity contribution in [3.05, 3.63) is 35.4 Å². The van der Waals surface area contributed by atoms with Gasteiger partial charge in [-0.2, -0.15) is 0 Å². The third-order valence-corrected chi connectivity index (χ3v) is 2.69. The van der Waals surface area contributed by atoms with E-state index in [4.69, 9.17) is 15.7 Å². The van der Waals surface area contributed by atoms with E-state index in [0.29, 0.717) is 31.3 Å². The molecule has 0 aliphatic rings. The molecule has 0 spiro atoms. The number of nitrogens with zero attached hydrogens (tertiary/aromatic N) is 1. The monoisotopic (exact) mass is 255 g/mol. The number of aryl methyl sites for hydroxylation is 1. The molecule has 0 aliphatic carbocycles. The first-order valence-electron chi connectivity index (χ1n) is 7.01. The predicted molar refractivity (Wildman–Crippen MR) is 84.2 cm³/mol. The van der Waals surface area contributed by atoms with Crippen LogP contribution in [0.3, 0.4) is 0 Å². The summed E-state index contributed by atoms with van der Waals surface area (Å²) in [5, 5.41) is 0. The highest BCUT2D eigenvalue weighted by Gasteiger charge is 2.13. The van der Waals surface area contributed by atoms with Gasteiger partial charge in [0.2, 0.25) is 0 Å². The molecule has 0 N–H and O–H groups in total. The van der Waals surface area contributed by atoms with Gasteiger partial charge in [0.05, 0.1) is 15.7 Å². The summed E-state index contributed by atoms with van der Waals surface area (Å²) in [6.45, 7) is 7.18. The maximum Gasteiger partial charge on any atom is 0.253 e. The summed E-state index contributed by atoms with van der Waals surface area (Å²) in [4.78, 5) is 13.8. The second-order valence-electron chi connectivity index (χ2n) is 3.92. The zero-order chi connectivity index (χ0) is 14.7. The highest BCUT2D eigenvalue weighted by Crippen LogP contribution is 2.09. The van der Waals surface area contributed by atoms with Crippen molar-refractivity contribution in [1.82, 2.24) is 4.90 Å².